The maximum absolute atomic E-state index is 12.0. The largest absolute Gasteiger partial charge is 0.326 e. The van der Waals surface area contributed by atoms with Crippen LogP contribution in [0.5, 0.6) is 0 Å². The van der Waals surface area contributed by atoms with Crippen molar-refractivity contribution in [1.82, 2.24) is 9.78 Å². The van der Waals surface area contributed by atoms with Gasteiger partial charge in [-0.2, -0.15) is 5.10 Å². The molecule has 19 heavy (non-hydrogen) atoms. The van der Waals surface area contributed by atoms with Gasteiger partial charge in [-0.3, -0.25) is 9.48 Å². The molecule has 4 nitrogen and oxygen atoms in total. The molecule has 2 rings (SSSR count). The smallest absolute Gasteiger partial charge is 0.226 e. The van der Waals surface area contributed by atoms with Crippen LogP contribution in [0.15, 0.2) is 36.7 Å². The Morgan fingerprint density at radius 3 is 2.58 bits per heavy atom. The maximum Gasteiger partial charge on any atom is 0.226 e. The molecule has 0 aliphatic rings. The Hall–Kier alpha value is -2.10. The normalized spacial score (nSPS) is 12.2. The van der Waals surface area contributed by atoms with Gasteiger partial charge in [0, 0.05) is 24.5 Å². The fourth-order valence-corrected chi connectivity index (χ4v) is 2.16. The molecule has 1 aromatic heterocycles. The van der Waals surface area contributed by atoms with E-state index in [2.05, 4.69) is 16.5 Å². The van der Waals surface area contributed by atoms with Gasteiger partial charge in [0.05, 0.1) is 6.04 Å². The molecule has 0 fully saturated rings. The molecule has 0 saturated carbocycles. The molecule has 0 unspecified atom stereocenters. The highest BCUT2D eigenvalue weighted by molar-refractivity contribution is 5.91. The van der Waals surface area contributed by atoms with Crippen molar-refractivity contribution in [2.24, 2.45) is 0 Å². The zero-order valence-electron chi connectivity index (χ0n) is 11.6. The quantitative estimate of drug-likeness (QED) is 0.915. The van der Waals surface area contributed by atoms with Crippen molar-refractivity contribution in [2.45, 2.75) is 33.2 Å². The standard InChI is InChI=1S/C15H19N3O/c1-11-7-12(2)9-14(8-11)17-15(19)10-13(3)18-6-4-5-16-18/h4-9,13H,10H2,1-3H3,(H,17,19)/t13-/m1/s1. The van der Waals surface area contributed by atoms with E-state index in [9.17, 15) is 4.79 Å². The van der Waals surface area contributed by atoms with Crippen LogP contribution in [0, 0.1) is 13.8 Å². The minimum atomic E-state index is 0.00741. The summed E-state index contributed by atoms with van der Waals surface area (Å²) in [6.45, 7) is 6.03. The van der Waals surface area contributed by atoms with E-state index in [0.717, 1.165) is 16.8 Å². The van der Waals surface area contributed by atoms with Crippen LogP contribution in [0.1, 0.15) is 30.5 Å². The second-order valence-corrected chi connectivity index (χ2v) is 4.96. The molecule has 1 N–H and O–H groups in total. The van der Waals surface area contributed by atoms with E-state index in [1.807, 2.05) is 45.2 Å². The first kappa shape index (κ1) is 13.3. The van der Waals surface area contributed by atoms with Gasteiger partial charge in [0.2, 0.25) is 5.91 Å². The summed E-state index contributed by atoms with van der Waals surface area (Å²) in [5, 5.41) is 7.08. The van der Waals surface area contributed by atoms with Crippen molar-refractivity contribution in [2.75, 3.05) is 5.32 Å². The van der Waals surface area contributed by atoms with E-state index in [4.69, 9.17) is 0 Å². The summed E-state index contributed by atoms with van der Waals surface area (Å²) >= 11 is 0. The molecular weight excluding hydrogens is 238 g/mol. The lowest BCUT2D eigenvalue weighted by Crippen LogP contribution is -2.18. The fourth-order valence-electron chi connectivity index (χ4n) is 2.16. The van der Waals surface area contributed by atoms with E-state index < -0.39 is 0 Å². The summed E-state index contributed by atoms with van der Waals surface area (Å²) in [6, 6.07) is 7.95. The van der Waals surface area contributed by atoms with Crippen LogP contribution in [0.2, 0.25) is 0 Å². The highest BCUT2D eigenvalue weighted by Crippen LogP contribution is 2.15. The molecule has 0 aliphatic heterocycles. The van der Waals surface area contributed by atoms with Gasteiger partial charge in [-0.1, -0.05) is 6.07 Å². The van der Waals surface area contributed by atoms with Gasteiger partial charge < -0.3 is 5.32 Å². The van der Waals surface area contributed by atoms with Crippen LogP contribution in [0.25, 0.3) is 0 Å². The van der Waals surface area contributed by atoms with Gasteiger partial charge in [-0.05, 0) is 50.1 Å². The van der Waals surface area contributed by atoms with Crippen molar-refractivity contribution < 1.29 is 4.79 Å². The number of carbonyl (C=O) groups excluding carboxylic acids is 1. The first-order chi connectivity index (χ1) is 9.04. The monoisotopic (exact) mass is 257 g/mol. The number of benzene rings is 1. The van der Waals surface area contributed by atoms with E-state index in [-0.39, 0.29) is 11.9 Å². The molecule has 1 heterocycles. The second-order valence-electron chi connectivity index (χ2n) is 4.96. The van der Waals surface area contributed by atoms with E-state index >= 15 is 0 Å². The van der Waals surface area contributed by atoms with Crippen molar-refractivity contribution in [1.29, 1.82) is 0 Å². The minimum Gasteiger partial charge on any atom is -0.326 e. The van der Waals surface area contributed by atoms with Gasteiger partial charge in [0.25, 0.3) is 0 Å². The van der Waals surface area contributed by atoms with Gasteiger partial charge >= 0.3 is 0 Å². The SMILES string of the molecule is Cc1cc(C)cc(NC(=O)C[C@@H](C)n2cccn2)c1. The third-order valence-corrected chi connectivity index (χ3v) is 2.96. The molecule has 0 spiro atoms. The maximum atomic E-state index is 12.0. The molecular formula is C15H19N3O. The van der Waals surface area contributed by atoms with Gasteiger partial charge in [-0.25, -0.2) is 0 Å². The van der Waals surface area contributed by atoms with Crippen molar-refractivity contribution in [3.8, 4) is 0 Å². The second kappa shape index (κ2) is 5.69. The fraction of sp³-hybridized carbons (Fsp3) is 0.333. The van der Waals surface area contributed by atoms with Gasteiger partial charge in [0.1, 0.15) is 0 Å². The van der Waals surface area contributed by atoms with E-state index in [1.54, 1.807) is 10.9 Å². The molecule has 1 amide bonds. The topological polar surface area (TPSA) is 46.9 Å². The molecule has 1 aromatic carbocycles. The molecule has 4 heteroatoms. The average molecular weight is 257 g/mol. The number of aryl methyl sites for hydroxylation is 2. The first-order valence-electron chi connectivity index (χ1n) is 6.42. The Balaban J connectivity index is 1.97. The lowest BCUT2D eigenvalue weighted by molar-refractivity contribution is -0.116. The van der Waals surface area contributed by atoms with Gasteiger partial charge in [-0.15, -0.1) is 0 Å². The molecule has 100 valence electrons. The Morgan fingerprint density at radius 2 is 2.00 bits per heavy atom. The number of carbonyl (C=O) groups is 1. The highest BCUT2D eigenvalue weighted by atomic mass is 16.1. The molecule has 0 radical (unpaired) electrons. The number of amides is 1. The van der Waals surface area contributed by atoms with E-state index in [0.29, 0.717) is 6.42 Å². The highest BCUT2D eigenvalue weighted by Gasteiger charge is 2.11. The molecule has 0 bridgehead atoms. The summed E-state index contributed by atoms with van der Waals surface area (Å²) in [4.78, 5) is 12.0. The van der Waals surface area contributed by atoms with Crippen LogP contribution in [0.3, 0.4) is 0 Å². The summed E-state index contributed by atoms with van der Waals surface area (Å²) in [5.74, 6) is 0.00741. The number of rotatable bonds is 4. The van der Waals surface area contributed by atoms with Crippen molar-refractivity contribution >= 4 is 11.6 Å². The number of anilines is 1. The number of aromatic nitrogens is 2. The molecule has 1 atom stereocenters. The first-order valence-corrected chi connectivity index (χ1v) is 6.42. The molecule has 0 aliphatic carbocycles. The number of hydrogen-bond donors (Lipinski definition) is 1. The van der Waals surface area contributed by atoms with Crippen LogP contribution < -0.4 is 5.32 Å². The third kappa shape index (κ3) is 3.68. The Bertz CT molecular complexity index is 541. The van der Waals surface area contributed by atoms with E-state index in [1.165, 1.54) is 0 Å². The molecule has 2 aromatic rings. The minimum absolute atomic E-state index is 0.00741. The predicted molar refractivity (Wildman–Crippen MR) is 76.1 cm³/mol. The van der Waals surface area contributed by atoms with Crippen molar-refractivity contribution in [3.05, 3.63) is 47.8 Å². The average Bonchev–Trinajstić information content (AvgIpc) is 2.80. The summed E-state index contributed by atoms with van der Waals surface area (Å²) in [6.07, 6.45) is 4.00. The summed E-state index contributed by atoms with van der Waals surface area (Å²) < 4.78 is 1.79. The van der Waals surface area contributed by atoms with Crippen LogP contribution in [-0.4, -0.2) is 15.7 Å². The summed E-state index contributed by atoms with van der Waals surface area (Å²) in [5.41, 5.74) is 3.15. The number of nitrogens with one attached hydrogen (secondary N) is 1. The number of hydrogen-bond acceptors (Lipinski definition) is 2. The summed E-state index contributed by atoms with van der Waals surface area (Å²) in [7, 11) is 0. The van der Waals surface area contributed by atoms with Crippen molar-refractivity contribution in [3.63, 3.8) is 0 Å². The van der Waals surface area contributed by atoms with Gasteiger partial charge in [0.15, 0.2) is 0 Å². The molecule has 0 saturated heterocycles. The number of nitrogens with zero attached hydrogens (tertiary/aromatic N) is 2. The Kier molecular flexibility index (Phi) is 4.00. The Labute approximate surface area is 113 Å². The third-order valence-electron chi connectivity index (χ3n) is 2.96. The zero-order valence-corrected chi connectivity index (χ0v) is 11.6. The van der Waals surface area contributed by atoms with Crippen LogP contribution in [-0.2, 0) is 4.79 Å². The van der Waals surface area contributed by atoms with Crippen LogP contribution in [0.4, 0.5) is 5.69 Å². The van der Waals surface area contributed by atoms with Crippen LogP contribution >= 0.6 is 0 Å². The lowest BCUT2D eigenvalue weighted by atomic mass is 10.1. The predicted octanol–water partition coefficient (Wildman–Crippen LogP) is 3.09. The zero-order chi connectivity index (χ0) is 13.8. The lowest BCUT2D eigenvalue weighted by Gasteiger charge is -2.13. The Morgan fingerprint density at radius 1 is 1.32 bits per heavy atom.